The van der Waals surface area contributed by atoms with E-state index < -0.39 is 0 Å². The van der Waals surface area contributed by atoms with E-state index in [1.54, 1.807) is 42.5 Å². The molecule has 0 unspecified atom stereocenters. The molecule has 0 atom stereocenters. The lowest BCUT2D eigenvalue weighted by Crippen LogP contribution is -2.14. The topological polar surface area (TPSA) is 55.0 Å². The standard InChI is InChI=1S/C12H13FN4/c1-17(11-5-3-2-4-10(11)13)12-15-7-9(6-14)8-16-12/h2-5,7-8H,6,14H2,1H3. The second-order valence-corrected chi connectivity index (χ2v) is 3.61. The monoisotopic (exact) mass is 232 g/mol. The molecular weight excluding hydrogens is 219 g/mol. The first kappa shape index (κ1) is 11.5. The highest BCUT2D eigenvalue weighted by Gasteiger charge is 2.10. The fraction of sp³-hybridized carbons (Fsp3) is 0.167. The van der Waals surface area contributed by atoms with Gasteiger partial charge < -0.3 is 10.6 Å². The van der Waals surface area contributed by atoms with Gasteiger partial charge in [0.2, 0.25) is 5.95 Å². The maximum Gasteiger partial charge on any atom is 0.229 e. The van der Waals surface area contributed by atoms with Gasteiger partial charge in [-0.3, -0.25) is 0 Å². The minimum atomic E-state index is -0.304. The summed E-state index contributed by atoms with van der Waals surface area (Å²) in [5, 5.41) is 0. The van der Waals surface area contributed by atoms with Crippen molar-refractivity contribution in [2.45, 2.75) is 6.54 Å². The van der Waals surface area contributed by atoms with Crippen LogP contribution in [0.15, 0.2) is 36.7 Å². The molecule has 0 bridgehead atoms. The molecule has 0 fully saturated rings. The van der Waals surface area contributed by atoms with Crippen molar-refractivity contribution < 1.29 is 4.39 Å². The van der Waals surface area contributed by atoms with Crippen molar-refractivity contribution >= 4 is 11.6 Å². The van der Waals surface area contributed by atoms with Crippen molar-refractivity contribution in [1.29, 1.82) is 0 Å². The van der Waals surface area contributed by atoms with Gasteiger partial charge in [-0.1, -0.05) is 12.1 Å². The molecule has 0 radical (unpaired) electrons. The van der Waals surface area contributed by atoms with Crippen molar-refractivity contribution in [2.75, 3.05) is 11.9 Å². The fourth-order valence-electron chi connectivity index (χ4n) is 1.46. The lowest BCUT2D eigenvalue weighted by molar-refractivity contribution is 0.627. The number of aromatic nitrogens is 2. The average Bonchev–Trinajstić information content (AvgIpc) is 2.39. The molecule has 0 aliphatic carbocycles. The van der Waals surface area contributed by atoms with Crippen LogP contribution in [-0.4, -0.2) is 17.0 Å². The maximum atomic E-state index is 13.6. The Kier molecular flexibility index (Phi) is 3.30. The lowest BCUT2D eigenvalue weighted by atomic mass is 10.3. The summed E-state index contributed by atoms with van der Waals surface area (Å²) >= 11 is 0. The molecule has 1 aromatic carbocycles. The molecule has 4 nitrogen and oxygen atoms in total. The highest BCUT2D eigenvalue weighted by atomic mass is 19.1. The van der Waals surface area contributed by atoms with E-state index in [1.807, 2.05) is 0 Å². The van der Waals surface area contributed by atoms with Gasteiger partial charge in [-0.2, -0.15) is 0 Å². The van der Waals surface area contributed by atoms with Crippen molar-refractivity contribution in [1.82, 2.24) is 9.97 Å². The van der Waals surface area contributed by atoms with Crippen LogP contribution in [0, 0.1) is 5.82 Å². The highest BCUT2D eigenvalue weighted by Crippen LogP contribution is 2.22. The third kappa shape index (κ3) is 2.39. The van der Waals surface area contributed by atoms with E-state index in [0.29, 0.717) is 18.2 Å². The van der Waals surface area contributed by atoms with E-state index in [0.717, 1.165) is 5.56 Å². The Balaban J connectivity index is 2.30. The summed E-state index contributed by atoms with van der Waals surface area (Å²) < 4.78 is 13.6. The van der Waals surface area contributed by atoms with Gasteiger partial charge in [0.15, 0.2) is 0 Å². The number of nitrogens with zero attached hydrogens (tertiary/aromatic N) is 3. The third-order valence-corrected chi connectivity index (χ3v) is 2.44. The van der Waals surface area contributed by atoms with Crippen LogP contribution in [0.25, 0.3) is 0 Å². The van der Waals surface area contributed by atoms with Crippen molar-refractivity contribution in [2.24, 2.45) is 5.73 Å². The zero-order valence-electron chi connectivity index (χ0n) is 9.47. The first-order chi connectivity index (χ1) is 8.22. The molecule has 1 aromatic heterocycles. The van der Waals surface area contributed by atoms with Gasteiger partial charge in [0, 0.05) is 31.5 Å². The molecule has 0 saturated carbocycles. The van der Waals surface area contributed by atoms with Gasteiger partial charge in [0.25, 0.3) is 0 Å². The van der Waals surface area contributed by atoms with Crippen LogP contribution < -0.4 is 10.6 Å². The van der Waals surface area contributed by atoms with Crippen LogP contribution in [-0.2, 0) is 6.54 Å². The van der Waals surface area contributed by atoms with Gasteiger partial charge >= 0.3 is 0 Å². The van der Waals surface area contributed by atoms with E-state index in [-0.39, 0.29) is 5.82 Å². The zero-order chi connectivity index (χ0) is 12.3. The molecule has 0 aliphatic heterocycles. The molecule has 0 saturated heterocycles. The highest BCUT2D eigenvalue weighted by molar-refractivity contribution is 5.56. The van der Waals surface area contributed by atoms with E-state index in [9.17, 15) is 4.39 Å². The number of benzene rings is 1. The Morgan fingerprint density at radius 2 is 1.88 bits per heavy atom. The number of para-hydroxylation sites is 1. The van der Waals surface area contributed by atoms with Gasteiger partial charge in [0.05, 0.1) is 5.69 Å². The van der Waals surface area contributed by atoms with Crippen LogP contribution in [0.2, 0.25) is 0 Å². The molecule has 0 amide bonds. The maximum absolute atomic E-state index is 13.6. The predicted octanol–water partition coefficient (Wildman–Crippen LogP) is 1.84. The fourth-order valence-corrected chi connectivity index (χ4v) is 1.46. The smallest absolute Gasteiger partial charge is 0.229 e. The Labute approximate surface area is 98.9 Å². The van der Waals surface area contributed by atoms with Crippen molar-refractivity contribution in [3.05, 3.63) is 48.0 Å². The summed E-state index contributed by atoms with van der Waals surface area (Å²) in [4.78, 5) is 9.86. The Hall–Kier alpha value is -2.01. The second kappa shape index (κ2) is 4.88. The first-order valence-electron chi connectivity index (χ1n) is 5.21. The lowest BCUT2D eigenvalue weighted by Gasteiger charge is -2.17. The first-order valence-corrected chi connectivity index (χ1v) is 5.21. The van der Waals surface area contributed by atoms with E-state index in [4.69, 9.17) is 5.73 Å². The van der Waals surface area contributed by atoms with E-state index in [2.05, 4.69) is 9.97 Å². The summed E-state index contributed by atoms with van der Waals surface area (Å²) in [6.45, 7) is 0.393. The quantitative estimate of drug-likeness (QED) is 0.877. The Morgan fingerprint density at radius 1 is 1.24 bits per heavy atom. The predicted molar refractivity (Wildman–Crippen MR) is 64.4 cm³/mol. The summed E-state index contributed by atoms with van der Waals surface area (Å²) in [5.41, 5.74) is 6.74. The molecule has 2 N–H and O–H groups in total. The van der Waals surface area contributed by atoms with Crippen LogP contribution >= 0.6 is 0 Å². The molecule has 0 spiro atoms. The Morgan fingerprint density at radius 3 is 2.47 bits per heavy atom. The second-order valence-electron chi connectivity index (χ2n) is 3.61. The number of hydrogen-bond acceptors (Lipinski definition) is 4. The van der Waals surface area contributed by atoms with Gasteiger partial charge in [-0.05, 0) is 12.1 Å². The molecule has 1 heterocycles. The minimum absolute atomic E-state index is 0.304. The number of hydrogen-bond donors (Lipinski definition) is 1. The largest absolute Gasteiger partial charge is 0.326 e. The normalized spacial score (nSPS) is 10.3. The SMILES string of the molecule is CN(c1ncc(CN)cn1)c1ccccc1F. The van der Waals surface area contributed by atoms with Crippen LogP contribution in [0.3, 0.4) is 0 Å². The Bertz CT molecular complexity index is 498. The number of nitrogens with two attached hydrogens (primary N) is 1. The summed E-state index contributed by atoms with van der Waals surface area (Å²) in [6.07, 6.45) is 3.28. The molecule has 17 heavy (non-hydrogen) atoms. The molecule has 5 heteroatoms. The summed E-state index contributed by atoms with van der Waals surface area (Å²) in [7, 11) is 1.72. The van der Waals surface area contributed by atoms with Crippen LogP contribution in [0.5, 0.6) is 0 Å². The number of halogens is 1. The number of rotatable bonds is 3. The third-order valence-electron chi connectivity index (χ3n) is 2.44. The van der Waals surface area contributed by atoms with Crippen molar-refractivity contribution in [3.63, 3.8) is 0 Å². The summed E-state index contributed by atoms with van der Waals surface area (Å²) in [5.74, 6) is 0.133. The average molecular weight is 232 g/mol. The van der Waals surface area contributed by atoms with Crippen LogP contribution in [0.1, 0.15) is 5.56 Å². The summed E-state index contributed by atoms with van der Waals surface area (Å²) in [6, 6.07) is 6.49. The molecule has 2 aromatic rings. The van der Waals surface area contributed by atoms with Crippen LogP contribution in [0.4, 0.5) is 16.0 Å². The van der Waals surface area contributed by atoms with E-state index >= 15 is 0 Å². The minimum Gasteiger partial charge on any atom is -0.326 e. The van der Waals surface area contributed by atoms with Gasteiger partial charge in [0.1, 0.15) is 5.82 Å². The van der Waals surface area contributed by atoms with Gasteiger partial charge in [-0.15, -0.1) is 0 Å². The number of anilines is 2. The molecular formula is C12H13FN4. The van der Waals surface area contributed by atoms with E-state index in [1.165, 1.54) is 6.07 Å². The molecule has 0 aliphatic rings. The molecule has 2 rings (SSSR count). The zero-order valence-corrected chi connectivity index (χ0v) is 9.47. The van der Waals surface area contributed by atoms with Gasteiger partial charge in [-0.25, -0.2) is 14.4 Å². The van der Waals surface area contributed by atoms with Crippen molar-refractivity contribution in [3.8, 4) is 0 Å². The molecule has 88 valence electrons.